The Kier molecular flexibility index (Phi) is 6.62. The SMILES string of the molecule is C[C@H]1CC[C@H](c2cccc(Cl)c2)N(C(=O)C(=O)Nc2cnc(N)c3cnn(C4CCCCO4)c23)C1. The predicted octanol–water partition coefficient (Wildman–Crippen LogP) is 4.30. The van der Waals surface area contributed by atoms with Crippen molar-refractivity contribution in [1.29, 1.82) is 0 Å². The van der Waals surface area contributed by atoms with Crippen LogP contribution in [0.4, 0.5) is 11.5 Å². The summed E-state index contributed by atoms with van der Waals surface area (Å²) in [4.78, 5) is 32.5. The number of nitrogens with one attached hydrogen (secondary N) is 1. The highest BCUT2D eigenvalue weighted by atomic mass is 35.5. The standard InChI is InChI=1S/C25H29ClN6O3/c1-15-8-9-20(16-5-4-6-17(26)11-16)31(14-15)25(34)24(33)30-19-13-28-23(27)18-12-29-32(22(18)19)21-7-2-3-10-35-21/h4-6,11-13,15,20-21H,2-3,7-10,14H2,1H3,(H2,27,28)(H,30,33)/t15-,20+,21?/m0/s1. The van der Waals surface area contributed by atoms with Crippen LogP contribution in [0.3, 0.4) is 0 Å². The Bertz CT molecular complexity index is 1260. The first kappa shape index (κ1) is 23.6. The second-order valence-electron chi connectivity index (χ2n) is 9.39. The van der Waals surface area contributed by atoms with Crippen molar-refractivity contribution in [3.05, 3.63) is 47.2 Å². The normalized spacial score (nSPS) is 22.8. The van der Waals surface area contributed by atoms with Gasteiger partial charge in [0, 0.05) is 18.2 Å². The molecular formula is C25H29ClN6O3. The van der Waals surface area contributed by atoms with E-state index in [0.29, 0.717) is 40.6 Å². The van der Waals surface area contributed by atoms with Gasteiger partial charge in [0.2, 0.25) is 0 Å². The maximum Gasteiger partial charge on any atom is 0.314 e. The molecule has 4 heterocycles. The van der Waals surface area contributed by atoms with Gasteiger partial charge >= 0.3 is 11.8 Å². The van der Waals surface area contributed by atoms with Crippen LogP contribution in [0.5, 0.6) is 0 Å². The minimum atomic E-state index is -0.726. The van der Waals surface area contributed by atoms with Gasteiger partial charge in [-0.2, -0.15) is 5.10 Å². The minimum absolute atomic E-state index is 0.214. The molecule has 5 rings (SSSR count). The van der Waals surface area contributed by atoms with Gasteiger partial charge < -0.3 is 20.7 Å². The van der Waals surface area contributed by atoms with Crippen LogP contribution in [0.25, 0.3) is 10.9 Å². The number of aromatic nitrogens is 3. The van der Waals surface area contributed by atoms with Crippen LogP contribution < -0.4 is 11.1 Å². The first-order valence-corrected chi connectivity index (χ1v) is 12.4. The number of rotatable bonds is 3. The number of hydrogen-bond donors (Lipinski definition) is 2. The van der Waals surface area contributed by atoms with Gasteiger partial charge in [0.1, 0.15) is 11.3 Å². The van der Waals surface area contributed by atoms with Gasteiger partial charge in [0.15, 0.2) is 6.23 Å². The van der Waals surface area contributed by atoms with Gasteiger partial charge in [-0.3, -0.25) is 9.59 Å². The van der Waals surface area contributed by atoms with Crippen LogP contribution in [0.1, 0.15) is 56.9 Å². The van der Waals surface area contributed by atoms with Crippen molar-refractivity contribution in [1.82, 2.24) is 19.7 Å². The number of carbonyl (C=O) groups is 2. The first-order chi connectivity index (χ1) is 16.9. The summed E-state index contributed by atoms with van der Waals surface area (Å²) in [7, 11) is 0. The highest BCUT2D eigenvalue weighted by Crippen LogP contribution is 2.35. The van der Waals surface area contributed by atoms with Crippen molar-refractivity contribution in [3.63, 3.8) is 0 Å². The summed E-state index contributed by atoms with van der Waals surface area (Å²) in [5, 5.41) is 8.45. The summed E-state index contributed by atoms with van der Waals surface area (Å²) in [6.45, 7) is 3.22. The van der Waals surface area contributed by atoms with Crippen LogP contribution in [-0.2, 0) is 14.3 Å². The van der Waals surface area contributed by atoms with Crippen LogP contribution in [0.15, 0.2) is 36.7 Å². The molecule has 35 heavy (non-hydrogen) atoms. The Morgan fingerprint density at radius 2 is 2.06 bits per heavy atom. The number of pyridine rings is 1. The number of halogens is 1. The fourth-order valence-electron chi connectivity index (χ4n) is 5.05. The molecule has 0 spiro atoms. The smallest absolute Gasteiger partial charge is 0.314 e. The summed E-state index contributed by atoms with van der Waals surface area (Å²) in [6, 6.07) is 7.25. The molecule has 2 aliphatic rings. The van der Waals surface area contributed by atoms with Crippen molar-refractivity contribution in [2.45, 2.75) is 51.3 Å². The summed E-state index contributed by atoms with van der Waals surface area (Å²) in [5.74, 6) is -0.725. The number of hydrogen-bond acceptors (Lipinski definition) is 6. The van der Waals surface area contributed by atoms with E-state index in [-0.39, 0.29) is 18.2 Å². The van der Waals surface area contributed by atoms with E-state index in [4.69, 9.17) is 22.1 Å². The molecule has 0 bridgehead atoms. The van der Waals surface area contributed by atoms with Gasteiger partial charge in [-0.05, 0) is 55.7 Å². The van der Waals surface area contributed by atoms with E-state index in [1.165, 1.54) is 6.20 Å². The number of nitrogens with zero attached hydrogens (tertiary/aromatic N) is 4. The molecule has 1 aromatic carbocycles. The van der Waals surface area contributed by atoms with Gasteiger partial charge in [-0.15, -0.1) is 0 Å². The molecule has 2 fully saturated rings. The van der Waals surface area contributed by atoms with Crippen molar-refractivity contribution >= 4 is 45.8 Å². The van der Waals surface area contributed by atoms with Crippen LogP contribution in [0, 0.1) is 5.92 Å². The molecular weight excluding hydrogens is 468 g/mol. The van der Waals surface area contributed by atoms with E-state index in [9.17, 15) is 9.59 Å². The molecule has 2 aromatic heterocycles. The lowest BCUT2D eigenvalue weighted by Crippen LogP contribution is -2.46. The number of amides is 2. The van der Waals surface area contributed by atoms with Crippen LogP contribution in [-0.4, -0.2) is 44.6 Å². The fraction of sp³-hybridized carbons (Fsp3) is 0.440. The summed E-state index contributed by atoms with van der Waals surface area (Å²) < 4.78 is 7.62. The molecule has 184 valence electrons. The average Bonchev–Trinajstić information content (AvgIpc) is 3.32. The molecule has 0 radical (unpaired) electrons. The van der Waals surface area contributed by atoms with Crippen molar-refractivity contribution in [2.75, 3.05) is 24.2 Å². The molecule has 1 unspecified atom stereocenters. The highest BCUT2D eigenvalue weighted by Gasteiger charge is 2.35. The van der Waals surface area contributed by atoms with Crippen molar-refractivity contribution in [3.8, 4) is 0 Å². The topological polar surface area (TPSA) is 115 Å². The Hall–Kier alpha value is -3.17. The number of piperidine rings is 1. The summed E-state index contributed by atoms with van der Waals surface area (Å²) in [6.07, 6.45) is 7.38. The van der Waals surface area contributed by atoms with E-state index < -0.39 is 11.8 Å². The second kappa shape index (κ2) is 9.83. The zero-order chi connectivity index (χ0) is 24.5. The summed E-state index contributed by atoms with van der Waals surface area (Å²) in [5.41, 5.74) is 7.99. The van der Waals surface area contributed by atoms with E-state index >= 15 is 0 Å². The molecule has 2 saturated heterocycles. The average molecular weight is 497 g/mol. The molecule has 3 aromatic rings. The largest absolute Gasteiger partial charge is 0.383 e. The number of benzene rings is 1. The third-order valence-electron chi connectivity index (χ3n) is 6.84. The predicted molar refractivity (Wildman–Crippen MR) is 134 cm³/mol. The van der Waals surface area contributed by atoms with Crippen molar-refractivity contribution < 1.29 is 14.3 Å². The molecule has 10 heteroatoms. The number of fused-ring (bicyclic) bond motifs is 1. The Labute approximate surface area is 208 Å². The van der Waals surface area contributed by atoms with Gasteiger partial charge in [-0.1, -0.05) is 30.7 Å². The van der Waals surface area contributed by atoms with Crippen molar-refractivity contribution in [2.24, 2.45) is 5.92 Å². The lowest BCUT2D eigenvalue weighted by Gasteiger charge is -2.38. The lowest BCUT2D eigenvalue weighted by molar-refractivity contribution is -0.146. The summed E-state index contributed by atoms with van der Waals surface area (Å²) >= 11 is 6.21. The first-order valence-electron chi connectivity index (χ1n) is 12.0. The number of carbonyl (C=O) groups excluding carboxylic acids is 2. The van der Waals surface area contributed by atoms with Crippen LogP contribution >= 0.6 is 11.6 Å². The van der Waals surface area contributed by atoms with E-state index in [2.05, 4.69) is 22.3 Å². The quantitative estimate of drug-likeness (QED) is 0.522. The maximum absolute atomic E-state index is 13.4. The van der Waals surface area contributed by atoms with E-state index in [1.807, 2.05) is 18.2 Å². The Morgan fingerprint density at radius 1 is 1.20 bits per heavy atom. The Balaban J connectivity index is 1.43. The molecule has 3 N–H and O–H groups in total. The molecule has 0 aliphatic carbocycles. The van der Waals surface area contributed by atoms with E-state index in [1.54, 1.807) is 21.8 Å². The molecule has 2 amide bonds. The maximum atomic E-state index is 13.4. The minimum Gasteiger partial charge on any atom is -0.383 e. The fourth-order valence-corrected chi connectivity index (χ4v) is 5.25. The number of nitrogen functional groups attached to an aromatic ring is 1. The van der Waals surface area contributed by atoms with E-state index in [0.717, 1.165) is 37.7 Å². The third kappa shape index (κ3) is 4.70. The zero-order valence-electron chi connectivity index (χ0n) is 19.6. The van der Waals surface area contributed by atoms with Gasteiger partial charge in [0.05, 0.1) is 29.5 Å². The number of nitrogens with two attached hydrogens (primary N) is 1. The second-order valence-corrected chi connectivity index (χ2v) is 9.83. The van der Waals surface area contributed by atoms with Gasteiger partial charge in [-0.25, -0.2) is 9.67 Å². The van der Waals surface area contributed by atoms with Crippen LogP contribution in [0.2, 0.25) is 5.02 Å². The molecule has 9 nitrogen and oxygen atoms in total. The lowest BCUT2D eigenvalue weighted by atomic mass is 9.90. The monoisotopic (exact) mass is 496 g/mol. The number of anilines is 2. The van der Waals surface area contributed by atoms with Gasteiger partial charge in [0.25, 0.3) is 0 Å². The number of ether oxygens (including phenoxy) is 1. The highest BCUT2D eigenvalue weighted by molar-refractivity contribution is 6.40. The Morgan fingerprint density at radius 3 is 2.83 bits per heavy atom. The third-order valence-corrected chi connectivity index (χ3v) is 7.08. The molecule has 3 atom stereocenters. The molecule has 2 aliphatic heterocycles. The number of likely N-dealkylation sites (tertiary alicyclic amines) is 1. The zero-order valence-corrected chi connectivity index (χ0v) is 20.4. The molecule has 0 saturated carbocycles.